The maximum Gasteiger partial charge on any atom is 0.404 e. The highest BCUT2D eigenvalue weighted by Crippen LogP contribution is 2.15. The fourth-order valence-electron chi connectivity index (χ4n) is 1.63. The number of amides is 1. The lowest BCUT2D eigenvalue weighted by molar-refractivity contribution is 0.194. The molecule has 20 heavy (non-hydrogen) atoms. The zero-order valence-electron chi connectivity index (χ0n) is 10.6. The summed E-state index contributed by atoms with van der Waals surface area (Å²) in [5, 5.41) is 11.3. The topological polar surface area (TPSA) is 62.2 Å². The molecule has 0 spiro atoms. The lowest BCUT2D eigenvalue weighted by Crippen LogP contribution is -2.19. The van der Waals surface area contributed by atoms with Crippen molar-refractivity contribution >= 4 is 29.8 Å². The molecular formula is C15H13ClN2O2. The average Bonchev–Trinajstić information content (AvgIpc) is 2.45. The van der Waals surface area contributed by atoms with Crippen molar-refractivity contribution in [3.8, 4) is 0 Å². The highest BCUT2D eigenvalue weighted by molar-refractivity contribution is 6.30. The third kappa shape index (κ3) is 4.10. The number of nitrogens with one attached hydrogen (secondary N) is 1. The molecule has 1 heterocycles. The van der Waals surface area contributed by atoms with Crippen molar-refractivity contribution in [2.45, 2.75) is 6.54 Å². The van der Waals surface area contributed by atoms with Gasteiger partial charge in [-0.25, -0.2) is 9.78 Å². The van der Waals surface area contributed by atoms with Crippen molar-refractivity contribution in [1.82, 2.24) is 10.3 Å². The van der Waals surface area contributed by atoms with Gasteiger partial charge in [0.1, 0.15) is 5.15 Å². The van der Waals surface area contributed by atoms with E-state index in [0.29, 0.717) is 11.7 Å². The highest BCUT2D eigenvalue weighted by Gasteiger charge is 1.97. The monoisotopic (exact) mass is 288 g/mol. The molecule has 5 heteroatoms. The molecule has 1 aromatic heterocycles. The number of hydrogen-bond acceptors (Lipinski definition) is 2. The van der Waals surface area contributed by atoms with Crippen LogP contribution in [0.4, 0.5) is 4.79 Å². The highest BCUT2D eigenvalue weighted by atomic mass is 35.5. The Morgan fingerprint density at radius 3 is 2.65 bits per heavy atom. The Kier molecular flexibility index (Phi) is 4.74. The number of rotatable bonds is 4. The average molecular weight is 289 g/mol. The van der Waals surface area contributed by atoms with Gasteiger partial charge in [0.05, 0.1) is 0 Å². The van der Waals surface area contributed by atoms with E-state index in [1.165, 1.54) is 0 Å². The predicted molar refractivity (Wildman–Crippen MR) is 79.5 cm³/mol. The Hall–Kier alpha value is -2.33. The number of nitrogens with zero attached hydrogens (tertiary/aromatic N) is 1. The molecule has 2 rings (SSSR count). The fraction of sp³-hybridized carbons (Fsp3) is 0.0667. The molecule has 1 amide bonds. The second-order valence-corrected chi connectivity index (χ2v) is 4.48. The van der Waals surface area contributed by atoms with Crippen molar-refractivity contribution in [2.75, 3.05) is 0 Å². The first-order chi connectivity index (χ1) is 9.65. The second kappa shape index (κ2) is 6.73. The van der Waals surface area contributed by atoms with Crippen LogP contribution < -0.4 is 5.32 Å². The summed E-state index contributed by atoms with van der Waals surface area (Å²) >= 11 is 5.96. The molecule has 0 unspecified atom stereocenters. The summed E-state index contributed by atoms with van der Waals surface area (Å²) in [7, 11) is 0. The Balaban J connectivity index is 2.04. The number of carboxylic acid groups (broad SMARTS) is 1. The van der Waals surface area contributed by atoms with E-state index in [0.717, 1.165) is 16.7 Å². The van der Waals surface area contributed by atoms with Crippen LogP contribution in [0.3, 0.4) is 0 Å². The van der Waals surface area contributed by atoms with Crippen LogP contribution in [0.25, 0.3) is 12.2 Å². The number of aromatic nitrogens is 1. The Labute approximate surface area is 121 Å². The van der Waals surface area contributed by atoms with Gasteiger partial charge >= 0.3 is 6.09 Å². The number of halogens is 1. The summed E-state index contributed by atoms with van der Waals surface area (Å²) < 4.78 is 0. The zero-order chi connectivity index (χ0) is 14.4. The van der Waals surface area contributed by atoms with Crippen molar-refractivity contribution < 1.29 is 9.90 Å². The van der Waals surface area contributed by atoms with Crippen LogP contribution in [0.15, 0.2) is 42.6 Å². The van der Waals surface area contributed by atoms with E-state index in [1.807, 2.05) is 48.6 Å². The van der Waals surface area contributed by atoms with Gasteiger partial charge in [-0.2, -0.15) is 0 Å². The summed E-state index contributed by atoms with van der Waals surface area (Å²) in [4.78, 5) is 14.4. The normalized spacial score (nSPS) is 10.7. The van der Waals surface area contributed by atoms with Crippen molar-refractivity contribution in [2.24, 2.45) is 0 Å². The molecule has 0 fully saturated rings. The van der Waals surface area contributed by atoms with E-state index < -0.39 is 6.09 Å². The summed E-state index contributed by atoms with van der Waals surface area (Å²) in [5.41, 5.74) is 2.76. The molecule has 2 aromatic rings. The fourth-order valence-corrected chi connectivity index (χ4v) is 1.82. The molecule has 0 bridgehead atoms. The summed E-state index contributed by atoms with van der Waals surface area (Å²) in [5.74, 6) is 0. The molecule has 0 aliphatic rings. The zero-order valence-corrected chi connectivity index (χ0v) is 11.3. The van der Waals surface area contributed by atoms with Crippen LogP contribution in [0, 0.1) is 0 Å². The molecule has 2 N–H and O–H groups in total. The molecule has 0 aliphatic heterocycles. The Bertz CT molecular complexity index is 624. The van der Waals surface area contributed by atoms with Gasteiger partial charge in [0.2, 0.25) is 0 Å². The van der Waals surface area contributed by atoms with Gasteiger partial charge in [0, 0.05) is 18.3 Å². The van der Waals surface area contributed by atoms with Gasteiger partial charge in [0.15, 0.2) is 0 Å². The van der Waals surface area contributed by atoms with E-state index in [-0.39, 0.29) is 0 Å². The minimum atomic E-state index is -1.03. The van der Waals surface area contributed by atoms with E-state index in [2.05, 4.69) is 10.3 Å². The minimum absolute atomic E-state index is 0.299. The number of hydrogen-bond donors (Lipinski definition) is 2. The van der Waals surface area contributed by atoms with Gasteiger partial charge in [-0.15, -0.1) is 0 Å². The maximum absolute atomic E-state index is 10.4. The molecule has 102 valence electrons. The predicted octanol–water partition coefficient (Wildman–Crippen LogP) is 3.67. The molecule has 0 radical (unpaired) electrons. The number of carbonyl (C=O) groups is 1. The lowest BCUT2D eigenvalue weighted by atomic mass is 10.1. The van der Waals surface area contributed by atoms with Gasteiger partial charge in [-0.1, -0.05) is 54.1 Å². The van der Waals surface area contributed by atoms with Gasteiger partial charge in [-0.05, 0) is 17.2 Å². The third-order valence-electron chi connectivity index (χ3n) is 2.67. The van der Waals surface area contributed by atoms with Crippen LogP contribution in [-0.4, -0.2) is 16.2 Å². The Morgan fingerprint density at radius 2 is 2.00 bits per heavy atom. The molecule has 0 saturated carbocycles. The first kappa shape index (κ1) is 14.1. The van der Waals surface area contributed by atoms with E-state index in [9.17, 15) is 4.79 Å². The van der Waals surface area contributed by atoms with Crippen LogP contribution in [0.1, 0.15) is 16.7 Å². The first-order valence-electron chi connectivity index (χ1n) is 5.99. The third-order valence-corrected chi connectivity index (χ3v) is 2.98. The molecule has 4 nitrogen and oxygen atoms in total. The van der Waals surface area contributed by atoms with E-state index in [1.54, 1.807) is 6.20 Å². The van der Waals surface area contributed by atoms with Gasteiger partial charge in [0.25, 0.3) is 0 Å². The van der Waals surface area contributed by atoms with Crippen LogP contribution in [0.5, 0.6) is 0 Å². The standard InChI is InChI=1S/C15H13ClN2O2/c16-14-13(2-1-9-17-14)8-7-11-3-5-12(6-4-11)10-18-15(19)20/h1-9,18H,10H2,(H,19,20). The minimum Gasteiger partial charge on any atom is -0.465 e. The van der Waals surface area contributed by atoms with Crippen molar-refractivity contribution in [1.29, 1.82) is 0 Å². The van der Waals surface area contributed by atoms with Crippen LogP contribution in [-0.2, 0) is 6.54 Å². The largest absolute Gasteiger partial charge is 0.465 e. The quantitative estimate of drug-likeness (QED) is 0.844. The molecule has 0 aliphatic carbocycles. The van der Waals surface area contributed by atoms with E-state index in [4.69, 9.17) is 16.7 Å². The SMILES string of the molecule is O=C(O)NCc1ccc(C=Cc2cccnc2Cl)cc1. The number of benzene rings is 1. The molecule has 0 atom stereocenters. The first-order valence-corrected chi connectivity index (χ1v) is 6.37. The summed E-state index contributed by atoms with van der Waals surface area (Å²) in [6, 6.07) is 11.3. The lowest BCUT2D eigenvalue weighted by Gasteiger charge is -2.02. The van der Waals surface area contributed by atoms with Crippen molar-refractivity contribution in [3.63, 3.8) is 0 Å². The summed E-state index contributed by atoms with van der Waals surface area (Å²) in [6.07, 6.45) is 4.43. The molecular weight excluding hydrogens is 276 g/mol. The van der Waals surface area contributed by atoms with E-state index >= 15 is 0 Å². The Morgan fingerprint density at radius 1 is 1.25 bits per heavy atom. The number of pyridine rings is 1. The molecule has 0 saturated heterocycles. The van der Waals surface area contributed by atoms with Crippen LogP contribution >= 0.6 is 11.6 Å². The maximum atomic E-state index is 10.4. The van der Waals surface area contributed by atoms with Crippen molar-refractivity contribution in [3.05, 3.63) is 64.4 Å². The smallest absolute Gasteiger partial charge is 0.404 e. The van der Waals surface area contributed by atoms with Gasteiger partial charge in [-0.3, -0.25) is 0 Å². The van der Waals surface area contributed by atoms with Crippen LogP contribution in [0.2, 0.25) is 5.15 Å². The second-order valence-electron chi connectivity index (χ2n) is 4.12. The summed E-state index contributed by atoms with van der Waals surface area (Å²) in [6.45, 7) is 0.299. The molecule has 1 aromatic carbocycles. The van der Waals surface area contributed by atoms with Gasteiger partial charge < -0.3 is 10.4 Å².